The first-order chi connectivity index (χ1) is 17.9. The lowest BCUT2D eigenvalue weighted by atomic mass is 9.69. The molecule has 0 N–H and O–H groups in total. The van der Waals surface area contributed by atoms with E-state index in [0.29, 0.717) is 35.7 Å². The molecule has 0 bridgehead atoms. The second-order valence-electron chi connectivity index (χ2n) is 12.9. The van der Waals surface area contributed by atoms with Crippen molar-refractivity contribution in [2.24, 2.45) is 23.7 Å². The summed E-state index contributed by atoms with van der Waals surface area (Å²) >= 11 is 0. The summed E-state index contributed by atoms with van der Waals surface area (Å²) in [5.74, 6) is 3.80. The van der Waals surface area contributed by atoms with Gasteiger partial charge in [0.25, 0.3) is 0 Å². The van der Waals surface area contributed by atoms with Gasteiger partial charge in [-0.3, -0.25) is 9.59 Å². The van der Waals surface area contributed by atoms with Crippen molar-refractivity contribution in [3.05, 3.63) is 34.9 Å². The van der Waals surface area contributed by atoms with Gasteiger partial charge in [0.15, 0.2) is 0 Å². The topological polar surface area (TPSA) is 34.1 Å². The van der Waals surface area contributed by atoms with Gasteiger partial charge in [0, 0.05) is 25.2 Å². The van der Waals surface area contributed by atoms with Crippen molar-refractivity contribution in [3.8, 4) is 0 Å². The maximum atomic E-state index is 13.7. The monoisotopic (exact) mass is 508 g/mol. The lowest BCUT2D eigenvalue weighted by Gasteiger charge is -2.35. The standard InChI is InChI=1S/C35H56O2/c1-5-13-29(23-28-14-8-7-9-15-28)24-35(37)31-17-12-16-30(25-31)34(19-11-10-18-33(36)6-2)32-21-26(3)20-27(4)22-32/h20-22,28-31,34H,5-19,23-25H2,1-4H3. The molecular weight excluding hydrogens is 452 g/mol. The van der Waals surface area contributed by atoms with Crippen LogP contribution in [0.2, 0.25) is 0 Å². The normalized spacial score (nSPS) is 22.5. The third-order valence-corrected chi connectivity index (χ3v) is 9.60. The number of rotatable bonds is 15. The molecule has 1 aromatic carbocycles. The molecule has 0 spiro atoms. The molecule has 0 saturated heterocycles. The number of Topliss-reactive ketones (excluding diaryl/α,β-unsaturated/α-hetero) is 2. The molecule has 2 aliphatic rings. The number of hydrogen-bond acceptors (Lipinski definition) is 2. The van der Waals surface area contributed by atoms with Crippen LogP contribution in [0.15, 0.2) is 18.2 Å². The fraction of sp³-hybridized carbons (Fsp3) is 0.771. The van der Waals surface area contributed by atoms with Crippen molar-refractivity contribution < 1.29 is 9.59 Å². The van der Waals surface area contributed by atoms with E-state index in [1.165, 1.54) is 80.9 Å². The van der Waals surface area contributed by atoms with Crippen molar-refractivity contribution in [1.82, 2.24) is 0 Å². The number of carbonyl (C=O) groups is 2. The Labute approximate surface area is 228 Å². The van der Waals surface area contributed by atoms with Crippen LogP contribution in [0, 0.1) is 37.5 Å². The number of ketones is 2. The number of carbonyl (C=O) groups excluding carboxylic acids is 2. The van der Waals surface area contributed by atoms with E-state index < -0.39 is 0 Å². The second-order valence-corrected chi connectivity index (χ2v) is 12.9. The maximum Gasteiger partial charge on any atom is 0.136 e. The van der Waals surface area contributed by atoms with E-state index in [0.717, 1.165) is 50.9 Å². The summed E-state index contributed by atoms with van der Waals surface area (Å²) in [5, 5.41) is 0. The molecule has 208 valence electrons. The Morgan fingerprint density at radius 1 is 0.865 bits per heavy atom. The third kappa shape index (κ3) is 9.99. The second kappa shape index (κ2) is 15.8. The first-order valence-electron chi connectivity index (χ1n) is 16.0. The molecule has 37 heavy (non-hydrogen) atoms. The highest BCUT2D eigenvalue weighted by atomic mass is 16.1. The van der Waals surface area contributed by atoms with Gasteiger partial charge in [0.1, 0.15) is 11.6 Å². The SMILES string of the molecule is CCCC(CC(=O)C1CCCC(C(CCCCC(=O)CC)c2cc(C)cc(C)c2)C1)CC1CCCCC1. The summed E-state index contributed by atoms with van der Waals surface area (Å²) in [6.45, 7) is 8.68. The van der Waals surface area contributed by atoms with Crippen LogP contribution in [-0.2, 0) is 9.59 Å². The Balaban J connectivity index is 1.65. The molecule has 4 unspecified atom stereocenters. The molecule has 0 amide bonds. The van der Waals surface area contributed by atoms with Crippen molar-refractivity contribution in [2.45, 2.75) is 149 Å². The Bertz CT molecular complexity index is 813. The van der Waals surface area contributed by atoms with E-state index in [1.807, 2.05) is 6.92 Å². The van der Waals surface area contributed by atoms with Crippen molar-refractivity contribution in [1.29, 1.82) is 0 Å². The van der Waals surface area contributed by atoms with Gasteiger partial charge < -0.3 is 0 Å². The molecule has 3 rings (SSSR count). The molecule has 2 aliphatic carbocycles. The van der Waals surface area contributed by atoms with Crippen LogP contribution in [0.25, 0.3) is 0 Å². The van der Waals surface area contributed by atoms with Gasteiger partial charge in [-0.2, -0.15) is 0 Å². The van der Waals surface area contributed by atoms with Crippen LogP contribution < -0.4 is 0 Å². The van der Waals surface area contributed by atoms with Crippen LogP contribution in [0.1, 0.15) is 152 Å². The Kier molecular flexibility index (Phi) is 12.9. The molecule has 0 heterocycles. The Morgan fingerprint density at radius 3 is 2.27 bits per heavy atom. The quantitative estimate of drug-likeness (QED) is 0.221. The number of hydrogen-bond donors (Lipinski definition) is 0. The predicted molar refractivity (Wildman–Crippen MR) is 157 cm³/mol. The van der Waals surface area contributed by atoms with Gasteiger partial charge in [-0.25, -0.2) is 0 Å². The van der Waals surface area contributed by atoms with Crippen LogP contribution in [0.3, 0.4) is 0 Å². The predicted octanol–water partition coefficient (Wildman–Crippen LogP) is 10.1. The minimum Gasteiger partial charge on any atom is -0.300 e. The Hall–Kier alpha value is -1.44. The van der Waals surface area contributed by atoms with Gasteiger partial charge >= 0.3 is 0 Å². The first-order valence-corrected chi connectivity index (χ1v) is 16.0. The zero-order chi connectivity index (χ0) is 26.6. The minimum atomic E-state index is 0.263. The molecule has 0 aliphatic heterocycles. The highest BCUT2D eigenvalue weighted by molar-refractivity contribution is 5.81. The lowest BCUT2D eigenvalue weighted by molar-refractivity contribution is -0.125. The van der Waals surface area contributed by atoms with E-state index in [9.17, 15) is 9.59 Å². The van der Waals surface area contributed by atoms with Gasteiger partial charge in [-0.15, -0.1) is 0 Å². The summed E-state index contributed by atoms with van der Waals surface area (Å²) in [5.41, 5.74) is 4.16. The molecule has 2 saturated carbocycles. The van der Waals surface area contributed by atoms with E-state index in [2.05, 4.69) is 39.0 Å². The van der Waals surface area contributed by atoms with Crippen molar-refractivity contribution in [3.63, 3.8) is 0 Å². The number of unbranched alkanes of at least 4 members (excludes halogenated alkanes) is 1. The van der Waals surface area contributed by atoms with E-state index in [1.54, 1.807) is 0 Å². The molecule has 2 heteroatoms. The smallest absolute Gasteiger partial charge is 0.136 e. The largest absolute Gasteiger partial charge is 0.300 e. The summed E-state index contributed by atoms with van der Waals surface area (Å²) in [7, 11) is 0. The van der Waals surface area contributed by atoms with Gasteiger partial charge in [-0.05, 0) is 81.6 Å². The first kappa shape index (κ1) is 30.1. The zero-order valence-corrected chi connectivity index (χ0v) is 24.7. The molecule has 0 radical (unpaired) electrons. The van der Waals surface area contributed by atoms with Crippen LogP contribution in [0.4, 0.5) is 0 Å². The third-order valence-electron chi connectivity index (χ3n) is 9.60. The minimum absolute atomic E-state index is 0.263. The maximum absolute atomic E-state index is 13.7. The average molecular weight is 509 g/mol. The van der Waals surface area contributed by atoms with Gasteiger partial charge in [0.05, 0.1) is 0 Å². The molecule has 2 nitrogen and oxygen atoms in total. The number of benzene rings is 1. The number of aryl methyl sites for hydroxylation is 2. The van der Waals surface area contributed by atoms with Crippen LogP contribution >= 0.6 is 0 Å². The van der Waals surface area contributed by atoms with Crippen molar-refractivity contribution >= 4 is 11.6 Å². The van der Waals surface area contributed by atoms with E-state index >= 15 is 0 Å². The average Bonchev–Trinajstić information content (AvgIpc) is 2.88. The van der Waals surface area contributed by atoms with E-state index in [4.69, 9.17) is 0 Å². The molecule has 4 atom stereocenters. The summed E-state index contributed by atoms with van der Waals surface area (Å²) in [4.78, 5) is 25.5. The molecule has 0 aromatic heterocycles. The summed E-state index contributed by atoms with van der Waals surface area (Å²) in [6, 6.07) is 7.05. The molecular formula is C35H56O2. The zero-order valence-electron chi connectivity index (χ0n) is 24.7. The van der Waals surface area contributed by atoms with Gasteiger partial charge in [0.2, 0.25) is 0 Å². The van der Waals surface area contributed by atoms with Crippen LogP contribution in [0.5, 0.6) is 0 Å². The molecule has 2 fully saturated rings. The van der Waals surface area contributed by atoms with Gasteiger partial charge in [-0.1, -0.05) is 101 Å². The Morgan fingerprint density at radius 2 is 1.59 bits per heavy atom. The summed E-state index contributed by atoms with van der Waals surface area (Å²) < 4.78 is 0. The fourth-order valence-electron chi connectivity index (χ4n) is 7.70. The highest BCUT2D eigenvalue weighted by Crippen LogP contribution is 2.43. The molecule has 1 aromatic rings. The highest BCUT2D eigenvalue weighted by Gasteiger charge is 2.33. The van der Waals surface area contributed by atoms with Crippen molar-refractivity contribution in [2.75, 3.05) is 0 Å². The fourth-order valence-corrected chi connectivity index (χ4v) is 7.70. The summed E-state index contributed by atoms with van der Waals surface area (Å²) in [6.07, 6.45) is 20.8. The van der Waals surface area contributed by atoms with Crippen LogP contribution in [-0.4, -0.2) is 11.6 Å². The lowest BCUT2D eigenvalue weighted by Crippen LogP contribution is -2.28. The van der Waals surface area contributed by atoms with E-state index in [-0.39, 0.29) is 5.92 Å².